The first-order valence-electron chi connectivity index (χ1n) is 8.05. The molecule has 23 heavy (non-hydrogen) atoms. The average molecular weight is 307 g/mol. The highest BCUT2D eigenvalue weighted by atomic mass is 16.3. The van der Waals surface area contributed by atoms with Crippen molar-refractivity contribution in [1.82, 2.24) is 4.90 Å². The van der Waals surface area contributed by atoms with E-state index in [0.29, 0.717) is 0 Å². The fourth-order valence-electron chi connectivity index (χ4n) is 3.36. The zero-order chi connectivity index (χ0) is 15.8. The molecule has 0 fully saturated rings. The Morgan fingerprint density at radius 3 is 2.48 bits per heavy atom. The minimum Gasteiger partial charge on any atom is -0.460 e. The Labute approximate surface area is 135 Å². The molecule has 0 radical (unpaired) electrons. The van der Waals surface area contributed by atoms with Crippen LogP contribution in [0.15, 0.2) is 46.9 Å². The largest absolute Gasteiger partial charge is 0.460 e. The molecule has 0 saturated carbocycles. The van der Waals surface area contributed by atoms with Crippen LogP contribution >= 0.6 is 0 Å². The molecule has 0 spiro atoms. The Morgan fingerprint density at radius 1 is 0.870 bits per heavy atom. The van der Waals surface area contributed by atoms with Crippen molar-refractivity contribution in [3.8, 4) is 0 Å². The molecule has 4 rings (SSSR count). The summed E-state index contributed by atoms with van der Waals surface area (Å²) in [6, 6.07) is 14.2. The van der Waals surface area contributed by atoms with E-state index in [4.69, 9.17) is 15.9 Å². The lowest BCUT2D eigenvalue weighted by molar-refractivity contribution is 0.258. The number of nitrogens with zero attached hydrogens (tertiary/aromatic N) is 1. The quantitative estimate of drug-likeness (QED) is 0.713. The summed E-state index contributed by atoms with van der Waals surface area (Å²) in [7, 11) is 0. The van der Waals surface area contributed by atoms with Crippen LogP contribution in [0.1, 0.15) is 16.9 Å². The fourth-order valence-corrected chi connectivity index (χ4v) is 3.36. The molecule has 4 N–H and O–H groups in total. The zero-order valence-electron chi connectivity index (χ0n) is 13.1. The number of hydrogen-bond acceptors (Lipinski definition) is 4. The molecule has 0 atom stereocenters. The molecule has 118 valence electrons. The number of hydrogen-bond donors (Lipinski definition) is 2. The SMILES string of the molecule is Nc1ccc2c(c1)CCN(Cc1cc3cc(N)ccc3o1)CC2. The lowest BCUT2D eigenvalue weighted by Gasteiger charge is -2.17. The zero-order valence-corrected chi connectivity index (χ0v) is 13.1. The van der Waals surface area contributed by atoms with Crippen LogP contribution in [0.4, 0.5) is 11.4 Å². The summed E-state index contributed by atoms with van der Waals surface area (Å²) in [5.74, 6) is 0.996. The van der Waals surface area contributed by atoms with Gasteiger partial charge in [-0.05, 0) is 60.4 Å². The van der Waals surface area contributed by atoms with Crippen LogP contribution in [0.25, 0.3) is 11.0 Å². The Balaban J connectivity index is 1.51. The second kappa shape index (κ2) is 5.63. The van der Waals surface area contributed by atoms with E-state index in [1.807, 2.05) is 24.3 Å². The van der Waals surface area contributed by atoms with E-state index in [1.165, 1.54) is 11.1 Å². The fraction of sp³-hybridized carbons (Fsp3) is 0.263. The molecule has 4 nitrogen and oxygen atoms in total. The molecule has 2 heterocycles. The van der Waals surface area contributed by atoms with Crippen molar-refractivity contribution in [3.05, 3.63) is 59.4 Å². The Kier molecular flexibility index (Phi) is 3.46. The van der Waals surface area contributed by atoms with Gasteiger partial charge in [-0.25, -0.2) is 0 Å². The summed E-state index contributed by atoms with van der Waals surface area (Å²) in [6.45, 7) is 2.89. The summed E-state index contributed by atoms with van der Waals surface area (Å²) in [5.41, 5.74) is 17.1. The second-order valence-corrected chi connectivity index (χ2v) is 6.31. The Hall–Kier alpha value is -2.46. The highest BCUT2D eigenvalue weighted by molar-refractivity contribution is 5.81. The maximum atomic E-state index is 5.95. The number of anilines is 2. The average Bonchev–Trinajstić information content (AvgIpc) is 2.81. The highest BCUT2D eigenvalue weighted by Gasteiger charge is 2.16. The van der Waals surface area contributed by atoms with Crippen LogP contribution in [-0.4, -0.2) is 18.0 Å². The molecule has 0 saturated heterocycles. The summed E-state index contributed by atoms with van der Waals surface area (Å²) >= 11 is 0. The molecule has 1 aliphatic heterocycles. The maximum absolute atomic E-state index is 5.95. The van der Waals surface area contributed by atoms with E-state index >= 15 is 0 Å². The molecule has 0 bridgehead atoms. The highest BCUT2D eigenvalue weighted by Crippen LogP contribution is 2.24. The molecular weight excluding hydrogens is 286 g/mol. The van der Waals surface area contributed by atoms with Gasteiger partial charge in [0.25, 0.3) is 0 Å². The molecule has 2 aromatic carbocycles. The van der Waals surface area contributed by atoms with E-state index in [-0.39, 0.29) is 0 Å². The van der Waals surface area contributed by atoms with Gasteiger partial charge in [0.05, 0.1) is 6.54 Å². The maximum Gasteiger partial charge on any atom is 0.134 e. The van der Waals surface area contributed by atoms with E-state index < -0.39 is 0 Å². The van der Waals surface area contributed by atoms with Gasteiger partial charge in [-0.2, -0.15) is 0 Å². The normalized spacial score (nSPS) is 15.5. The number of rotatable bonds is 2. The number of nitrogens with two attached hydrogens (primary N) is 2. The summed E-state index contributed by atoms with van der Waals surface area (Å²) in [5, 5.41) is 1.07. The molecule has 0 unspecified atom stereocenters. The summed E-state index contributed by atoms with van der Waals surface area (Å²) < 4.78 is 5.95. The van der Waals surface area contributed by atoms with Crippen LogP contribution in [0.3, 0.4) is 0 Å². The van der Waals surface area contributed by atoms with Crippen molar-refractivity contribution in [2.45, 2.75) is 19.4 Å². The van der Waals surface area contributed by atoms with Crippen molar-refractivity contribution < 1.29 is 4.42 Å². The van der Waals surface area contributed by atoms with Crippen molar-refractivity contribution in [3.63, 3.8) is 0 Å². The standard InChI is InChI=1S/C19H21N3O/c20-16-2-1-13-5-7-22(8-6-14(13)9-16)12-18-11-15-10-17(21)3-4-19(15)23-18/h1-4,9-11H,5-8,12,20-21H2. The minimum absolute atomic E-state index is 0.771. The van der Waals surface area contributed by atoms with Gasteiger partial charge in [0.2, 0.25) is 0 Å². The predicted octanol–water partition coefficient (Wildman–Crippen LogP) is 3.20. The lowest BCUT2D eigenvalue weighted by Crippen LogP contribution is -2.25. The molecule has 1 aromatic heterocycles. The molecular formula is C19H21N3O. The van der Waals surface area contributed by atoms with Crippen molar-refractivity contribution >= 4 is 22.3 Å². The van der Waals surface area contributed by atoms with Gasteiger partial charge in [-0.1, -0.05) is 6.07 Å². The smallest absolute Gasteiger partial charge is 0.134 e. The van der Waals surface area contributed by atoms with E-state index in [0.717, 1.165) is 60.6 Å². The first kappa shape index (κ1) is 14.2. The van der Waals surface area contributed by atoms with E-state index in [9.17, 15) is 0 Å². The van der Waals surface area contributed by atoms with Crippen molar-refractivity contribution in [2.24, 2.45) is 0 Å². The first-order chi connectivity index (χ1) is 11.2. The van der Waals surface area contributed by atoms with Crippen molar-refractivity contribution in [2.75, 3.05) is 24.6 Å². The third-order valence-electron chi connectivity index (χ3n) is 4.60. The molecule has 0 amide bonds. The van der Waals surface area contributed by atoms with Gasteiger partial charge in [0, 0.05) is 29.9 Å². The lowest BCUT2D eigenvalue weighted by atomic mass is 10.0. The van der Waals surface area contributed by atoms with Crippen LogP contribution in [0, 0.1) is 0 Å². The van der Waals surface area contributed by atoms with Gasteiger partial charge in [0.1, 0.15) is 11.3 Å². The predicted molar refractivity (Wildman–Crippen MR) is 94.2 cm³/mol. The van der Waals surface area contributed by atoms with Crippen LogP contribution in [0.2, 0.25) is 0 Å². The van der Waals surface area contributed by atoms with E-state index in [1.54, 1.807) is 0 Å². The summed E-state index contributed by atoms with van der Waals surface area (Å²) in [6.07, 6.45) is 2.09. The minimum atomic E-state index is 0.771. The van der Waals surface area contributed by atoms with Gasteiger partial charge in [0.15, 0.2) is 0 Å². The third-order valence-corrected chi connectivity index (χ3v) is 4.60. The molecule has 1 aliphatic rings. The van der Waals surface area contributed by atoms with Crippen LogP contribution in [0.5, 0.6) is 0 Å². The van der Waals surface area contributed by atoms with E-state index in [2.05, 4.69) is 23.1 Å². The Morgan fingerprint density at radius 2 is 1.61 bits per heavy atom. The van der Waals surface area contributed by atoms with Gasteiger partial charge in [-0.3, -0.25) is 4.90 Å². The second-order valence-electron chi connectivity index (χ2n) is 6.31. The molecule has 3 aromatic rings. The van der Waals surface area contributed by atoms with Gasteiger partial charge < -0.3 is 15.9 Å². The van der Waals surface area contributed by atoms with Gasteiger partial charge in [-0.15, -0.1) is 0 Å². The summed E-state index contributed by atoms with van der Waals surface area (Å²) in [4.78, 5) is 2.44. The first-order valence-corrected chi connectivity index (χ1v) is 8.05. The number of benzene rings is 2. The Bertz CT molecular complexity index is 853. The number of nitrogen functional groups attached to an aromatic ring is 2. The van der Waals surface area contributed by atoms with Gasteiger partial charge >= 0.3 is 0 Å². The van der Waals surface area contributed by atoms with Crippen LogP contribution < -0.4 is 11.5 Å². The molecule has 0 aliphatic carbocycles. The topological polar surface area (TPSA) is 68.4 Å². The van der Waals surface area contributed by atoms with Crippen molar-refractivity contribution in [1.29, 1.82) is 0 Å². The molecule has 4 heteroatoms. The number of furan rings is 1. The van der Waals surface area contributed by atoms with Crippen LogP contribution in [-0.2, 0) is 19.4 Å². The third kappa shape index (κ3) is 2.90. The monoisotopic (exact) mass is 307 g/mol. The number of fused-ring (bicyclic) bond motifs is 2.